The molecule has 9 heteroatoms. The van der Waals surface area contributed by atoms with Crippen LogP contribution in [0.25, 0.3) is 11.2 Å². The van der Waals surface area contributed by atoms with Crippen molar-refractivity contribution in [3.05, 3.63) is 40.6 Å². The van der Waals surface area contributed by atoms with E-state index in [1.165, 1.54) is 0 Å². The Kier molecular flexibility index (Phi) is 7.47. The number of aromatic nitrogens is 4. The molecule has 2 heterocycles. The molecule has 1 amide bonds. The topological polar surface area (TPSA) is 96.8 Å². The average molecular weight is 514 g/mol. The van der Waals surface area contributed by atoms with Crippen LogP contribution in [0.1, 0.15) is 64.5 Å². The number of halogens is 1. The van der Waals surface area contributed by atoms with E-state index in [4.69, 9.17) is 9.97 Å². The highest BCUT2D eigenvalue weighted by atomic mass is 79.9. The van der Waals surface area contributed by atoms with Crippen LogP contribution in [0.4, 0.5) is 11.8 Å². The molecule has 1 aliphatic rings. The third kappa shape index (κ3) is 5.63. The first-order valence-electron chi connectivity index (χ1n) is 11.7. The van der Waals surface area contributed by atoms with E-state index in [9.17, 15) is 4.79 Å². The van der Waals surface area contributed by atoms with Gasteiger partial charge >= 0.3 is 0 Å². The van der Waals surface area contributed by atoms with Gasteiger partial charge in [-0.1, -0.05) is 47.8 Å². The third-order valence-corrected chi connectivity index (χ3v) is 6.63. The summed E-state index contributed by atoms with van der Waals surface area (Å²) < 4.78 is 3.11. The number of rotatable bonds is 8. The minimum absolute atomic E-state index is 0.0830. The number of nitrogens with one attached hydrogen (secondary N) is 3. The fourth-order valence-electron chi connectivity index (χ4n) is 4.22. The summed E-state index contributed by atoms with van der Waals surface area (Å²) in [6, 6.07) is 8.61. The minimum atomic E-state index is 0.0830. The monoisotopic (exact) mass is 513 g/mol. The van der Waals surface area contributed by atoms with Gasteiger partial charge in [0.25, 0.3) is 0 Å². The lowest BCUT2D eigenvalue weighted by Gasteiger charge is -2.32. The second kappa shape index (κ2) is 10.5. The maximum atomic E-state index is 12.0. The molecule has 1 aliphatic carbocycles. The zero-order valence-corrected chi connectivity index (χ0v) is 21.0. The Morgan fingerprint density at radius 1 is 1.15 bits per heavy atom. The Morgan fingerprint density at radius 2 is 1.88 bits per heavy atom. The summed E-state index contributed by atoms with van der Waals surface area (Å²) in [7, 11) is 0. The van der Waals surface area contributed by atoms with E-state index in [2.05, 4.69) is 67.4 Å². The third-order valence-electron chi connectivity index (χ3n) is 6.10. The number of imidazole rings is 1. The van der Waals surface area contributed by atoms with Gasteiger partial charge in [-0.2, -0.15) is 9.97 Å². The number of carbonyl (C=O) groups is 1. The van der Waals surface area contributed by atoms with E-state index in [1.807, 2.05) is 25.4 Å². The van der Waals surface area contributed by atoms with Gasteiger partial charge in [-0.05, 0) is 44.4 Å². The summed E-state index contributed by atoms with van der Waals surface area (Å²) in [5, 5.41) is 10.2. The fraction of sp³-hybridized carbons (Fsp3) is 0.500. The highest BCUT2D eigenvalue weighted by Gasteiger charge is 2.27. The van der Waals surface area contributed by atoms with E-state index in [0.717, 1.165) is 46.9 Å². The quantitative estimate of drug-likeness (QED) is 0.390. The van der Waals surface area contributed by atoms with Crippen LogP contribution in [0.5, 0.6) is 0 Å². The van der Waals surface area contributed by atoms with E-state index in [-0.39, 0.29) is 24.0 Å². The summed E-state index contributed by atoms with van der Waals surface area (Å²) in [5.74, 6) is 1.35. The summed E-state index contributed by atoms with van der Waals surface area (Å²) in [5.41, 5.74) is 2.70. The number of benzene rings is 1. The van der Waals surface area contributed by atoms with Crippen molar-refractivity contribution in [1.29, 1.82) is 0 Å². The molecule has 1 saturated carbocycles. The van der Waals surface area contributed by atoms with Gasteiger partial charge in [-0.25, -0.2) is 4.98 Å². The van der Waals surface area contributed by atoms with Crippen molar-refractivity contribution < 1.29 is 4.79 Å². The van der Waals surface area contributed by atoms with E-state index in [0.29, 0.717) is 24.7 Å². The number of anilines is 2. The number of nitrogens with zero attached hydrogens (tertiary/aromatic N) is 4. The predicted molar refractivity (Wildman–Crippen MR) is 135 cm³/mol. The molecule has 3 aromatic rings. The Labute approximate surface area is 203 Å². The molecule has 8 nitrogen and oxygen atoms in total. The molecule has 2 aromatic heterocycles. The summed E-state index contributed by atoms with van der Waals surface area (Å²) in [6.45, 7) is 6.74. The van der Waals surface area contributed by atoms with Gasteiger partial charge in [0.1, 0.15) is 0 Å². The van der Waals surface area contributed by atoms with Crippen molar-refractivity contribution in [1.82, 2.24) is 24.8 Å². The SMILES string of the molecule is CCC(=O)N[C@H]1CCCC[C@@H]1Nc1nc(NCc2ccc(Br)cc2)c2ncn(C(C)C)c2n1. The van der Waals surface area contributed by atoms with Gasteiger partial charge in [0, 0.05) is 35.6 Å². The van der Waals surface area contributed by atoms with Crippen molar-refractivity contribution in [2.75, 3.05) is 10.6 Å². The fourth-order valence-corrected chi connectivity index (χ4v) is 4.49. The first-order chi connectivity index (χ1) is 15.9. The summed E-state index contributed by atoms with van der Waals surface area (Å²) in [6.07, 6.45) is 6.49. The van der Waals surface area contributed by atoms with Crippen LogP contribution < -0.4 is 16.0 Å². The second-order valence-electron chi connectivity index (χ2n) is 8.86. The Bertz CT molecular complexity index is 1100. The van der Waals surface area contributed by atoms with Gasteiger partial charge in [-0.15, -0.1) is 0 Å². The molecule has 33 heavy (non-hydrogen) atoms. The van der Waals surface area contributed by atoms with Crippen LogP contribution in [0.3, 0.4) is 0 Å². The molecule has 2 atom stereocenters. The number of amides is 1. The molecule has 0 bridgehead atoms. The van der Waals surface area contributed by atoms with Crippen molar-refractivity contribution in [2.24, 2.45) is 0 Å². The standard InChI is InChI=1S/C24H32BrN7O/c1-4-20(33)28-18-7-5-6-8-19(18)29-24-30-22(26-13-16-9-11-17(25)12-10-16)21-23(31-24)32(14-27-21)15(2)3/h9-12,14-15,18-19H,4-8,13H2,1-3H3,(H,28,33)(H2,26,29,30,31)/t18-,19-/m0/s1. The minimum Gasteiger partial charge on any atom is -0.364 e. The smallest absolute Gasteiger partial charge is 0.227 e. The van der Waals surface area contributed by atoms with Gasteiger partial charge in [-0.3, -0.25) is 4.79 Å². The van der Waals surface area contributed by atoms with Crippen molar-refractivity contribution in [3.8, 4) is 0 Å². The van der Waals surface area contributed by atoms with Crippen LogP contribution in [0, 0.1) is 0 Å². The van der Waals surface area contributed by atoms with Gasteiger partial charge in [0.2, 0.25) is 11.9 Å². The zero-order chi connectivity index (χ0) is 23.4. The highest BCUT2D eigenvalue weighted by molar-refractivity contribution is 9.10. The molecule has 4 rings (SSSR count). The van der Waals surface area contributed by atoms with E-state index < -0.39 is 0 Å². The van der Waals surface area contributed by atoms with Crippen molar-refractivity contribution in [3.63, 3.8) is 0 Å². The predicted octanol–water partition coefficient (Wildman–Crippen LogP) is 5.03. The van der Waals surface area contributed by atoms with Crippen LogP contribution in [0.15, 0.2) is 35.1 Å². The highest BCUT2D eigenvalue weighted by Crippen LogP contribution is 2.26. The lowest BCUT2D eigenvalue weighted by atomic mass is 9.90. The first-order valence-corrected chi connectivity index (χ1v) is 12.5. The lowest BCUT2D eigenvalue weighted by molar-refractivity contribution is -0.121. The van der Waals surface area contributed by atoms with Crippen LogP contribution in [-0.4, -0.2) is 37.5 Å². The normalized spacial score (nSPS) is 18.5. The molecule has 0 aliphatic heterocycles. The van der Waals surface area contributed by atoms with E-state index >= 15 is 0 Å². The molecular weight excluding hydrogens is 482 g/mol. The Hall–Kier alpha value is -2.68. The summed E-state index contributed by atoms with van der Waals surface area (Å²) in [4.78, 5) is 26.3. The van der Waals surface area contributed by atoms with Crippen LogP contribution >= 0.6 is 15.9 Å². The van der Waals surface area contributed by atoms with Crippen molar-refractivity contribution >= 4 is 44.8 Å². The molecule has 0 radical (unpaired) electrons. The molecule has 3 N–H and O–H groups in total. The van der Waals surface area contributed by atoms with Crippen molar-refractivity contribution in [2.45, 2.75) is 77.5 Å². The molecule has 176 valence electrons. The largest absolute Gasteiger partial charge is 0.364 e. The zero-order valence-electron chi connectivity index (χ0n) is 19.4. The van der Waals surface area contributed by atoms with Crippen LogP contribution in [-0.2, 0) is 11.3 Å². The van der Waals surface area contributed by atoms with Gasteiger partial charge in [0.15, 0.2) is 17.0 Å². The number of carbonyl (C=O) groups excluding carboxylic acids is 1. The molecule has 0 spiro atoms. The molecular formula is C24H32BrN7O. The lowest BCUT2D eigenvalue weighted by Crippen LogP contribution is -2.48. The summed E-state index contributed by atoms with van der Waals surface area (Å²) >= 11 is 3.48. The molecule has 1 aromatic carbocycles. The average Bonchev–Trinajstić information content (AvgIpc) is 3.24. The maximum absolute atomic E-state index is 12.0. The molecule has 0 unspecified atom stereocenters. The Morgan fingerprint density at radius 3 is 2.58 bits per heavy atom. The second-order valence-corrected chi connectivity index (χ2v) is 9.77. The number of hydrogen-bond donors (Lipinski definition) is 3. The Balaban J connectivity index is 1.62. The van der Waals surface area contributed by atoms with Gasteiger partial charge < -0.3 is 20.5 Å². The van der Waals surface area contributed by atoms with E-state index in [1.54, 1.807) is 0 Å². The maximum Gasteiger partial charge on any atom is 0.227 e. The van der Waals surface area contributed by atoms with Gasteiger partial charge in [0.05, 0.1) is 6.33 Å². The first kappa shape index (κ1) is 23.5. The number of hydrogen-bond acceptors (Lipinski definition) is 6. The molecule has 1 fully saturated rings. The number of fused-ring (bicyclic) bond motifs is 1. The van der Waals surface area contributed by atoms with Crippen LogP contribution in [0.2, 0.25) is 0 Å². The molecule has 0 saturated heterocycles.